The fourth-order valence-electron chi connectivity index (χ4n) is 3.07. The van der Waals surface area contributed by atoms with Crippen LogP contribution >= 0.6 is 0 Å². The van der Waals surface area contributed by atoms with Gasteiger partial charge in [-0.25, -0.2) is 4.98 Å². The molecule has 0 amide bonds. The second-order valence-corrected chi connectivity index (χ2v) is 6.25. The average molecular weight is 363 g/mol. The minimum Gasteiger partial charge on any atom is -0.493 e. The Labute approximate surface area is 157 Å². The van der Waals surface area contributed by atoms with Crippen LogP contribution in [0.4, 0.5) is 5.82 Å². The second kappa shape index (κ2) is 7.11. The van der Waals surface area contributed by atoms with E-state index in [1.165, 1.54) is 5.56 Å². The number of aromatic nitrogens is 4. The first-order valence-electron chi connectivity index (χ1n) is 8.83. The maximum atomic E-state index is 5.57. The molecule has 2 aromatic heterocycles. The van der Waals surface area contributed by atoms with Gasteiger partial charge in [-0.1, -0.05) is 12.1 Å². The summed E-state index contributed by atoms with van der Waals surface area (Å²) >= 11 is 0. The van der Waals surface area contributed by atoms with E-state index >= 15 is 0 Å². The number of aryl methyl sites for hydroxylation is 1. The lowest BCUT2D eigenvalue weighted by Gasteiger charge is -2.12. The van der Waals surface area contributed by atoms with Gasteiger partial charge in [0.25, 0.3) is 0 Å². The van der Waals surface area contributed by atoms with Gasteiger partial charge in [-0.3, -0.25) is 4.40 Å². The van der Waals surface area contributed by atoms with Crippen LogP contribution in [0.5, 0.6) is 11.5 Å². The summed E-state index contributed by atoms with van der Waals surface area (Å²) in [5, 5.41) is 11.6. The standard InChI is InChI=1S/C20H21N5O2/c1-4-27-17-8-6-14(10-18(17)26-3)11-21-19-20-24-22-12-25(20)16-9-13(2)5-7-15(16)23-19/h5-10,12H,4,11H2,1-3H3,(H,21,23). The molecule has 2 aromatic carbocycles. The smallest absolute Gasteiger partial charge is 0.203 e. The number of benzene rings is 2. The maximum absolute atomic E-state index is 5.57. The molecule has 2 heterocycles. The van der Waals surface area contributed by atoms with Gasteiger partial charge in [0.05, 0.1) is 24.8 Å². The van der Waals surface area contributed by atoms with Crippen molar-refractivity contribution >= 4 is 22.5 Å². The molecular formula is C20H21N5O2. The number of fused-ring (bicyclic) bond motifs is 3. The summed E-state index contributed by atoms with van der Waals surface area (Å²) in [5.41, 5.74) is 4.80. The van der Waals surface area contributed by atoms with Gasteiger partial charge >= 0.3 is 0 Å². The fraction of sp³-hybridized carbons (Fsp3) is 0.250. The lowest BCUT2D eigenvalue weighted by Crippen LogP contribution is -2.05. The van der Waals surface area contributed by atoms with Gasteiger partial charge < -0.3 is 14.8 Å². The molecule has 0 aliphatic carbocycles. The number of nitrogens with zero attached hydrogens (tertiary/aromatic N) is 4. The largest absolute Gasteiger partial charge is 0.493 e. The van der Waals surface area contributed by atoms with E-state index in [1.54, 1.807) is 13.4 Å². The van der Waals surface area contributed by atoms with E-state index in [9.17, 15) is 0 Å². The number of nitrogens with one attached hydrogen (secondary N) is 1. The molecule has 27 heavy (non-hydrogen) atoms. The Morgan fingerprint density at radius 1 is 1.11 bits per heavy atom. The van der Waals surface area contributed by atoms with E-state index in [0.717, 1.165) is 22.3 Å². The van der Waals surface area contributed by atoms with E-state index < -0.39 is 0 Å². The van der Waals surface area contributed by atoms with Crippen LogP contribution in [0.25, 0.3) is 16.7 Å². The number of anilines is 1. The van der Waals surface area contributed by atoms with E-state index in [4.69, 9.17) is 14.5 Å². The Bertz CT molecular complexity index is 1110. The zero-order valence-electron chi connectivity index (χ0n) is 15.6. The average Bonchev–Trinajstić information content (AvgIpc) is 3.18. The molecule has 0 atom stereocenters. The van der Waals surface area contributed by atoms with E-state index in [0.29, 0.717) is 30.4 Å². The van der Waals surface area contributed by atoms with Crippen molar-refractivity contribution in [2.45, 2.75) is 20.4 Å². The molecule has 0 unspecified atom stereocenters. The number of ether oxygens (including phenoxy) is 2. The van der Waals surface area contributed by atoms with Crippen LogP contribution in [-0.2, 0) is 6.54 Å². The normalized spacial score (nSPS) is 11.1. The zero-order chi connectivity index (χ0) is 18.8. The summed E-state index contributed by atoms with van der Waals surface area (Å²) in [6.07, 6.45) is 1.71. The van der Waals surface area contributed by atoms with Gasteiger partial charge in [0.15, 0.2) is 17.3 Å². The highest BCUT2D eigenvalue weighted by molar-refractivity contribution is 5.83. The first-order chi connectivity index (χ1) is 13.2. The first-order valence-corrected chi connectivity index (χ1v) is 8.83. The van der Waals surface area contributed by atoms with E-state index in [1.807, 2.05) is 41.7 Å². The molecular weight excluding hydrogens is 342 g/mol. The third-order valence-corrected chi connectivity index (χ3v) is 4.37. The molecule has 0 spiro atoms. The van der Waals surface area contributed by atoms with Crippen molar-refractivity contribution < 1.29 is 9.47 Å². The first kappa shape index (κ1) is 17.1. The molecule has 0 radical (unpaired) electrons. The maximum Gasteiger partial charge on any atom is 0.203 e. The number of rotatable bonds is 6. The summed E-state index contributed by atoms with van der Waals surface area (Å²) in [6.45, 7) is 5.18. The summed E-state index contributed by atoms with van der Waals surface area (Å²) < 4.78 is 12.9. The highest BCUT2D eigenvalue weighted by Crippen LogP contribution is 2.28. The molecule has 0 aliphatic rings. The Morgan fingerprint density at radius 2 is 2.00 bits per heavy atom. The third-order valence-electron chi connectivity index (χ3n) is 4.37. The van der Waals surface area contributed by atoms with Gasteiger partial charge in [-0.05, 0) is 49.2 Å². The van der Waals surface area contributed by atoms with E-state index in [-0.39, 0.29) is 0 Å². The number of hydrogen-bond donors (Lipinski definition) is 1. The molecule has 1 N–H and O–H groups in total. The van der Waals surface area contributed by atoms with Crippen LogP contribution in [0.1, 0.15) is 18.1 Å². The third kappa shape index (κ3) is 3.23. The fourth-order valence-corrected chi connectivity index (χ4v) is 3.07. The monoisotopic (exact) mass is 363 g/mol. The lowest BCUT2D eigenvalue weighted by molar-refractivity contribution is 0.310. The van der Waals surface area contributed by atoms with Crippen LogP contribution in [0.15, 0.2) is 42.7 Å². The van der Waals surface area contributed by atoms with Crippen molar-refractivity contribution in [2.75, 3.05) is 19.0 Å². The molecule has 0 fully saturated rings. The number of methoxy groups -OCH3 is 1. The van der Waals surface area contributed by atoms with Gasteiger partial charge in [-0.2, -0.15) is 0 Å². The van der Waals surface area contributed by atoms with Gasteiger partial charge in [-0.15, -0.1) is 10.2 Å². The molecule has 0 saturated carbocycles. The molecule has 0 saturated heterocycles. The summed E-state index contributed by atoms with van der Waals surface area (Å²) in [5.74, 6) is 2.14. The Kier molecular flexibility index (Phi) is 4.50. The van der Waals surface area contributed by atoms with Gasteiger partial charge in [0.1, 0.15) is 6.33 Å². The lowest BCUT2D eigenvalue weighted by atomic mass is 10.2. The molecule has 4 rings (SSSR count). The van der Waals surface area contributed by atoms with E-state index in [2.05, 4.69) is 28.5 Å². The van der Waals surface area contributed by atoms with Crippen molar-refractivity contribution in [1.29, 1.82) is 0 Å². The topological polar surface area (TPSA) is 73.6 Å². The highest BCUT2D eigenvalue weighted by atomic mass is 16.5. The van der Waals surface area contributed by atoms with Crippen molar-refractivity contribution in [1.82, 2.24) is 19.6 Å². The Morgan fingerprint density at radius 3 is 2.81 bits per heavy atom. The summed E-state index contributed by atoms with van der Waals surface area (Å²) in [6, 6.07) is 12.0. The predicted octanol–water partition coefficient (Wildman–Crippen LogP) is 3.61. The minimum atomic E-state index is 0.579. The van der Waals surface area contributed by atoms with Gasteiger partial charge in [0.2, 0.25) is 5.65 Å². The van der Waals surface area contributed by atoms with Crippen molar-refractivity contribution in [3.05, 3.63) is 53.9 Å². The zero-order valence-corrected chi connectivity index (χ0v) is 15.6. The highest BCUT2D eigenvalue weighted by Gasteiger charge is 2.11. The van der Waals surface area contributed by atoms with Crippen molar-refractivity contribution in [3.63, 3.8) is 0 Å². The number of hydrogen-bond acceptors (Lipinski definition) is 6. The van der Waals surface area contributed by atoms with Crippen LogP contribution in [-0.4, -0.2) is 33.3 Å². The van der Waals surface area contributed by atoms with Crippen LogP contribution in [0, 0.1) is 6.92 Å². The van der Waals surface area contributed by atoms with Crippen molar-refractivity contribution in [2.24, 2.45) is 0 Å². The molecule has 138 valence electrons. The summed E-state index contributed by atoms with van der Waals surface area (Å²) in [4.78, 5) is 4.73. The van der Waals surface area contributed by atoms with Crippen LogP contribution in [0.2, 0.25) is 0 Å². The van der Waals surface area contributed by atoms with Crippen LogP contribution < -0.4 is 14.8 Å². The van der Waals surface area contributed by atoms with Crippen molar-refractivity contribution in [3.8, 4) is 11.5 Å². The Balaban J connectivity index is 1.65. The SMILES string of the molecule is CCOc1ccc(CNc2nc3ccc(C)cc3n3cnnc23)cc1OC. The predicted molar refractivity (Wildman–Crippen MR) is 105 cm³/mol. The Hall–Kier alpha value is -3.35. The molecule has 4 aromatic rings. The molecule has 7 nitrogen and oxygen atoms in total. The quantitative estimate of drug-likeness (QED) is 0.564. The minimum absolute atomic E-state index is 0.579. The molecule has 0 bridgehead atoms. The molecule has 0 aliphatic heterocycles. The molecule has 7 heteroatoms. The van der Waals surface area contributed by atoms with Crippen LogP contribution in [0.3, 0.4) is 0 Å². The van der Waals surface area contributed by atoms with Gasteiger partial charge in [0, 0.05) is 6.54 Å². The second-order valence-electron chi connectivity index (χ2n) is 6.25. The summed E-state index contributed by atoms with van der Waals surface area (Å²) in [7, 11) is 1.64.